The van der Waals surface area contributed by atoms with E-state index in [1.807, 2.05) is 35.2 Å². The van der Waals surface area contributed by atoms with Crippen molar-refractivity contribution in [1.82, 2.24) is 9.88 Å². The van der Waals surface area contributed by atoms with E-state index in [-0.39, 0.29) is 5.91 Å². The maximum absolute atomic E-state index is 13.3. The van der Waals surface area contributed by atoms with Crippen LogP contribution in [-0.4, -0.2) is 54.7 Å². The summed E-state index contributed by atoms with van der Waals surface area (Å²) in [7, 11) is 0. The zero-order valence-electron chi connectivity index (χ0n) is 14.8. The first-order valence-corrected chi connectivity index (χ1v) is 9.27. The first kappa shape index (κ1) is 16.3. The van der Waals surface area contributed by atoms with Crippen molar-refractivity contribution in [3.05, 3.63) is 35.9 Å². The summed E-state index contributed by atoms with van der Waals surface area (Å²) < 4.78 is 5.45. The number of carbonyl (C=O) groups excluding carboxylic acids is 1. The second kappa shape index (κ2) is 7.00. The van der Waals surface area contributed by atoms with Crippen LogP contribution in [0.3, 0.4) is 0 Å². The molecule has 2 aromatic rings. The molecular weight excluding hydrogens is 314 g/mol. The Morgan fingerprint density at radius 3 is 2.76 bits per heavy atom. The molecule has 132 valence electrons. The summed E-state index contributed by atoms with van der Waals surface area (Å²) in [4.78, 5) is 22.4. The Morgan fingerprint density at radius 1 is 1.16 bits per heavy atom. The molecule has 1 aromatic carbocycles. The molecule has 0 radical (unpaired) electrons. The van der Waals surface area contributed by atoms with E-state index in [4.69, 9.17) is 9.72 Å². The summed E-state index contributed by atoms with van der Waals surface area (Å²) in [6.45, 7) is 6.06. The fraction of sp³-hybridized carbons (Fsp3) is 0.500. The first-order chi connectivity index (χ1) is 12.2. The number of hydrogen-bond donors (Lipinski definition) is 0. The fourth-order valence-corrected chi connectivity index (χ4v) is 3.85. The molecule has 0 N–H and O–H groups in total. The maximum Gasteiger partial charge on any atom is 0.254 e. The summed E-state index contributed by atoms with van der Waals surface area (Å²) in [6.07, 6.45) is 3.39. The van der Waals surface area contributed by atoms with Gasteiger partial charge >= 0.3 is 0 Å². The van der Waals surface area contributed by atoms with Gasteiger partial charge in [0.2, 0.25) is 0 Å². The van der Waals surface area contributed by atoms with Crippen LogP contribution in [0, 0.1) is 0 Å². The number of ether oxygens (including phenoxy) is 1. The lowest BCUT2D eigenvalue weighted by atomic mass is 10.0. The molecule has 0 aliphatic carbocycles. The van der Waals surface area contributed by atoms with Crippen LogP contribution in [-0.2, 0) is 4.74 Å². The second-order valence-corrected chi connectivity index (χ2v) is 6.99. The van der Waals surface area contributed by atoms with Gasteiger partial charge in [-0.3, -0.25) is 4.79 Å². The topological polar surface area (TPSA) is 45.7 Å². The predicted molar refractivity (Wildman–Crippen MR) is 99.1 cm³/mol. The van der Waals surface area contributed by atoms with Crippen LogP contribution in [0.1, 0.15) is 36.5 Å². The van der Waals surface area contributed by atoms with Crippen molar-refractivity contribution < 1.29 is 9.53 Å². The molecule has 2 aliphatic rings. The van der Waals surface area contributed by atoms with Crippen molar-refractivity contribution >= 4 is 22.6 Å². The third kappa shape index (κ3) is 3.21. The van der Waals surface area contributed by atoms with Crippen LogP contribution in [0.4, 0.5) is 5.82 Å². The monoisotopic (exact) mass is 339 g/mol. The Bertz CT molecular complexity index is 771. The van der Waals surface area contributed by atoms with E-state index in [1.54, 1.807) is 0 Å². The average Bonchev–Trinajstić information content (AvgIpc) is 2.67. The molecule has 1 unspecified atom stereocenters. The van der Waals surface area contributed by atoms with Crippen molar-refractivity contribution in [2.45, 2.75) is 32.2 Å². The molecule has 3 heterocycles. The third-order valence-corrected chi connectivity index (χ3v) is 5.33. The number of hydrogen-bond acceptors (Lipinski definition) is 4. The predicted octanol–water partition coefficient (Wildman–Crippen LogP) is 3.09. The maximum atomic E-state index is 13.3. The third-order valence-electron chi connectivity index (χ3n) is 5.33. The van der Waals surface area contributed by atoms with Gasteiger partial charge in [0.05, 0.1) is 24.3 Å². The number of para-hydroxylation sites is 1. The van der Waals surface area contributed by atoms with Crippen LogP contribution in [0.2, 0.25) is 0 Å². The van der Waals surface area contributed by atoms with Gasteiger partial charge in [0.1, 0.15) is 5.82 Å². The van der Waals surface area contributed by atoms with Crippen LogP contribution in [0.15, 0.2) is 30.3 Å². The van der Waals surface area contributed by atoms with Crippen LogP contribution < -0.4 is 4.90 Å². The zero-order chi connectivity index (χ0) is 17.2. The molecule has 2 aliphatic heterocycles. The molecule has 25 heavy (non-hydrogen) atoms. The van der Waals surface area contributed by atoms with Crippen molar-refractivity contribution in [1.29, 1.82) is 0 Å². The largest absolute Gasteiger partial charge is 0.378 e. The molecule has 5 heteroatoms. The van der Waals surface area contributed by atoms with E-state index in [0.29, 0.717) is 19.3 Å². The van der Waals surface area contributed by atoms with Crippen molar-refractivity contribution in [3.8, 4) is 0 Å². The molecular formula is C20H25N3O2. The lowest BCUT2D eigenvalue weighted by molar-refractivity contribution is 0.0637. The Kier molecular flexibility index (Phi) is 4.57. The number of pyridine rings is 1. The van der Waals surface area contributed by atoms with E-state index in [2.05, 4.69) is 11.8 Å². The Labute approximate surface area is 148 Å². The van der Waals surface area contributed by atoms with E-state index >= 15 is 0 Å². The van der Waals surface area contributed by atoms with Gasteiger partial charge in [-0.25, -0.2) is 4.98 Å². The number of nitrogens with zero attached hydrogens (tertiary/aromatic N) is 3. The SMILES string of the molecule is CC1CCCCN1C(=O)c1cc(N2CCOCC2)nc2ccccc12. The molecule has 2 fully saturated rings. The molecule has 1 amide bonds. The molecule has 2 saturated heterocycles. The zero-order valence-corrected chi connectivity index (χ0v) is 14.8. The summed E-state index contributed by atoms with van der Waals surface area (Å²) in [5, 5.41) is 0.947. The average molecular weight is 339 g/mol. The number of rotatable bonds is 2. The number of piperidine rings is 1. The Morgan fingerprint density at radius 2 is 1.96 bits per heavy atom. The van der Waals surface area contributed by atoms with Crippen molar-refractivity contribution in [2.75, 3.05) is 37.7 Å². The minimum atomic E-state index is 0.139. The standard InChI is InChI=1S/C20H25N3O2/c1-15-6-4-5-9-23(15)20(24)17-14-19(22-10-12-25-13-11-22)21-18-8-3-2-7-16(17)18/h2-3,7-8,14-15H,4-6,9-13H2,1H3. The number of likely N-dealkylation sites (tertiary alicyclic amines) is 1. The highest BCUT2D eigenvalue weighted by Gasteiger charge is 2.26. The Hall–Kier alpha value is -2.14. The van der Waals surface area contributed by atoms with Crippen LogP contribution in [0.5, 0.6) is 0 Å². The second-order valence-electron chi connectivity index (χ2n) is 6.99. The van der Waals surface area contributed by atoms with Gasteiger partial charge < -0.3 is 14.5 Å². The molecule has 1 aromatic heterocycles. The minimum Gasteiger partial charge on any atom is -0.378 e. The van der Waals surface area contributed by atoms with Crippen molar-refractivity contribution in [2.24, 2.45) is 0 Å². The molecule has 0 bridgehead atoms. The molecule has 5 nitrogen and oxygen atoms in total. The normalized spacial score (nSPS) is 21.6. The number of carbonyl (C=O) groups is 1. The highest BCUT2D eigenvalue weighted by molar-refractivity contribution is 6.07. The minimum absolute atomic E-state index is 0.139. The summed E-state index contributed by atoms with van der Waals surface area (Å²) in [5.41, 5.74) is 1.67. The number of amides is 1. The smallest absolute Gasteiger partial charge is 0.254 e. The number of fused-ring (bicyclic) bond motifs is 1. The quantitative estimate of drug-likeness (QED) is 0.843. The summed E-state index contributed by atoms with van der Waals surface area (Å²) in [6, 6.07) is 10.3. The molecule has 1 atom stereocenters. The van der Waals surface area contributed by atoms with Gasteiger partial charge in [0, 0.05) is 31.1 Å². The van der Waals surface area contributed by atoms with E-state index in [0.717, 1.165) is 54.8 Å². The lowest BCUT2D eigenvalue weighted by Gasteiger charge is -2.34. The number of benzene rings is 1. The van der Waals surface area contributed by atoms with E-state index < -0.39 is 0 Å². The van der Waals surface area contributed by atoms with E-state index in [1.165, 1.54) is 6.42 Å². The van der Waals surface area contributed by atoms with Gasteiger partial charge in [0.15, 0.2) is 0 Å². The highest BCUT2D eigenvalue weighted by Crippen LogP contribution is 2.27. The van der Waals surface area contributed by atoms with Gasteiger partial charge in [-0.05, 0) is 38.3 Å². The van der Waals surface area contributed by atoms with Gasteiger partial charge in [-0.2, -0.15) is 0 Å². The van der Waals surface area contributed by atoms with Gasteiger partial charge in [-0.1, -0.05) is 18.2 Å². The first-order valence-electron chi connectivity index (χ1n) is 9.27. The lowest BCUT2D eigenvalue weighted by Crippen LogP contribution is -2.42. The number of aromatic nitrogens is 1. The Balaban J connectivity index is 1.76. The molecule has 0 saturated carbocycles. The van der Waals surface area contributed by atoms with E-state index in [9.17, 15) is 4.79 Å². The van der Waals surface area contributed by atoms with Crippen molar-refractivity contribution in [3.63, 3.8) is 0 Å². The fourth-order valence-electron chi connectivity index (χ4n) is 3.85. The van der Waals surface area contributed by atoms with Crippen LogP contribution >= 0.6 is 0 Å². The molecule has 4 rings (SSSR count). The summed E-state index contributed by atoms with van der Waals surface area (Å²) >= 11 is 0. The molecule has 0 spiro atoms. The van der Waals surface area contributed by atoms with Gasteiger partial charge in [0.25, 0.3) is 5.91 Å². The number of morpholine rings is 1. The van der Waals surface area contributed by atoms with Crippen LogP contribution in [0.25, 0.3) is 10.9 Å². The number of anilines is 1. The highest BCUT2D eigenvalue weighted by atomic mass is 16.5. The summed E-state index contributed by atoms with van der Waals surface area (Å²) in [5.74, 6) is 1.02. The van der Waals surface area contributed by atoms with Gasteiger partial charge in [-0.15, -0.1) is 0 Å².